The molecule has 1 heterocycles. The number of nitrogens with zero attached hydrogens (tertiary/aromatic N) is 1. The van der Waals surface area contributed by atoms with Crippen LogP contribution in [0.4, 0.5) is 0 Å². The Balaban J connectivity index is 2.09. The molecule has 0 amide bonds. The zero-order chi connectivity index (χ0) is 17.6. The third-order valence-corrected chi connectivity index (χ3v) is 4.38. The molecule has 3 aromatic carbocycles. The Hall–Kier alpha value is -3.45. The van der Waals surface area contributed by atoms with Gasteiger partial charge in [-0.15, -0.1) is 0 Å². The molecule has 4 aromatic rings. The van der Waals surface area contributed by atoms with Gasteiger partial charge in [-0.3, -0.25) is 0 Å². The Morgan fingerprint density at radius 3 is 1.27 bits per heavy atom. The largest absolute Gasteiger partial charge is 0.226 e. The van der Waals surface area contributed by atoms with Gasteiger partial charge in [-0.1, -0.05) is 84.9 Å². The van der Waals surface area contributed by atoms with Gasteiger partial charge in [-0.05, 0) is 23.3 Å². The number of hydrogen-bond acceptors (Lipinski definition) is 0. The highest BCUT2D eigenvalue weighted by Crippen LogP contribution is 2.30. The maximum absolute atomic E-state index is 2.20. The van der Waals surface area contributed by atoms with Crippen LogP contribution in [0.25, 0.3) is 11.3 Å². The first-order chi connectivity index (χ1) is 12.9. The van der Waals surface area contributed by atoms with E-state index in [4.69, 9.17) is 0 Å². The lowest BCUT2D eigenvalue weighted by molar-refractivity contribution is -0.578. The van der Waals surface area contributed by atoms with Gasteiger partial charge in [0.05, 0.1) is 5.57 Å². The monoisotopic (exact) mass is 334 g/mol. The van der Waals surface area contributed by atoms with Crippen LogP contribution in [0.1, 0.15) is 16.7 Å². The van der Waals surface area contributed by atoms with Gasteiger partial charge in [-0.2, -0.15) is 4.57 Å². The number of aromatic nitrogens is 1. The maximum atomic E-state index is 2.20. The standard InChI is InChI=1S/C25H20N/c1-5-13-21(14-6-1)24(22-15-7-2-8-16-22)25(23-17-9-3-10-18-23)26-19-11-4-12-20-26/h1-20H/q+1. The van der Waals surface area contributed by atoms with Crippen molar-refractivity contribution in [2.24, 2.45) is 0 Å². The van der Waals surface area contributed by atoms with Crippen molar-refractivity contribution in [1.29, 1.82) is 0 Å². The molecule has 0 N–H and O–H groups in total. The highest BCUT2D eigenvalue weighted by molar-refractivity contribution is 5.95. The van der Waals surface area contributed by atoms with Gasteiger partial charge in [0.15, 0.2) is 12.4 Å². The van der Waals surface area contributed by atoms with Crippen LogP contribution in [0.2, 0.25) is 0 Å². The molecule has 0 saturated heterocycles. The Morgan fingerprint density at radius 1 is 0.423 bits per heavy atom. The lowest BCUT2D eigenvalue weighted by Crippen LogP contribution is -2.32. The Bertz CT molecular complexity index is 821. The van der Waals surface area contributed by atoms with Gasteiger partial charge in [0.2, 0.25) is 5.70 Å². The normalized spacial score (nSPS) is 10.3. The molecule has 1 aromatic heterocycles. The maximum Gasteiger partial charge on any atom is 0.226 e. The molecule has 0 fully saturated rings. The minimum atomic E-state index is 1.17. The van der Waals surface area contributed by atoms with E-state index < -0.39 is 0 Å². The number of hydrogen-bond donors (Lipinski definition) is 0. The van der Waals surface area contributed by atoms with Crippen LogP contribution in [0.5, 0.6) is 0 Å². The molecule has 0 atom stereocenters. The summed E-state index contributed by atoms with van der Waals surface area (Å²) in [5.41, 5.74) is 5.98. The lowest BCUT2D eigenvalue weighted by atomic mass is 9.93. The first kappa shape index (κ1) is 16.0. The second kappa shape index (κ2) is 7.62. The number of benzene rings is 3. The molecular formula is C25H20N+. The van der Waals surface area contributed by atoms with E-state index in [1.165, 1.54) is 28.0 Å². The van der Waals surface area contributed by atoms with Crippen molar-refractivity contribution in [2.75, 3.05) is 0 Å². The molecule has 0 radical (unpaired) electrons. The minimum absolute atomic E-state index is 1.17. The van der Waals surface area contributed by atoms with Crippen LogP contribution in [0, 0.1) is 0 Å². The van der Waals surface area contributed by atoms with E-state index in [9.17, 15) is 0 Å². The van der Waals surface area contributed by atoms with E-state index >= 15 is 0 Å². The van der Waals surface area contributed by atoms with Gasteiger partial charge < -0.3 is 0 Å². The Morgan fingerprint density at radius 2 is 0.808 bits per heavy atom. The lowest BCUT2D eigenvalue weighted by Gasteiger charge is -2.12. The first-order valence-corrected chi connectivity index (χ1v) is 8.81. The van der Waals surface area contributed by atoms with E-state index in [0.717, 1.165) is 0 Å². The van der Waals surface area contributed by atoms with Gasteiger partial charge in [0.1, 0.15) is 0 Å². The van der Waals surface area contributed by atoms with Crippen molar-refractivity contribution in [2.45, 2.75) is 0 Å². The van der Waals surface area contributed by atoms with E-state index in [0.29, 0.717) is 0 Å². The Labute approximate surface area is 154 Å². The van der Waals surface area contributed by atoms with E-state index in [1.807, 2.05) is 6.07 Å². The molecule has 0 aliphatic heterocycles. The van der Waals surface area contributed by atoms with E-state index in [2.05, 4.69) is 120 Å². The predicted octanol–water partition coefficient (Wildman–Crippen LogP) is 5.44. The van der Waals surface area contributed by atoms with Crippen molar-refractivity contribution < 1.29 is 4.57 Å². The van der Waals surface area contributed by atoms with Gasteiger partial charge in [0.25, 0.3) is 0 Å². The Kier molecular flexibility index (Phi) is 4.70. The molecule has 26 heavy (non-hydrogen) atoms. The molecule has 0 saturated carbocycles. The molecular weight excluding hydrogens is 314 g/mol. The summed E-state index contributed by atoms with van der Waals surface area (Å²) in [5, 5.41) is 0. The molecule has 0 aliphatic carbocycles. The predicted molar refractivity (Wildman–Crippen MR) is 107 cm³/mol. The minimum Gasteiger partial charge on any atom is -0.166 e. The van der Waals surface area contributed by atoms with Crippen LogP contribution < -0.4 is 4.57 Å². The summed E-state index contributed by atoms with van der Waals surface area (Å²) in [4.78, 5) is 0. The summed E-state index contributed by atoms with van der Waals surface area (Å²) in [7, 11) is 0. The fourth-order valence-corrected chi connectivity index (χ4v) is 3.22. The molecule has 0 unspecified atom stereocenters. The van der Waals surface area contributed by atoms with Crippen LogP contribution in [-0.4, -0.2) is 0 Å². The molecule has 1 heteroatoms. The zero-order valence-electron chi connectivity index (χ0n) is 14.5. The van der Waals surface area contributed by atoms with Crippen molar-refractivity contribution in [3.05, 3.63) is 138 Å². The second-order valence-corrected chi connectivity index (χ2v) is 6.10. The summed E-state index contributed by atoms with van der Waals surface area (Å²) >= 11 is 0. The number of pyridine rings is 1. The first-order valence-electron chi connectivity index (χ1n) is 8.81. The molecule has 0 spiro atoms. The summed E-state index contributed by atoms with van der Waals surface area (Å²) in [5.74, 6) is 0. The molecule has 1 nitrogen and oxygen atoms in total. The SMILES string of the molecule is c1ccc(C(=C(c2ccccc2)[n+]2ccccc2)c2ccccc2)cc1. The van der Waals surface area contributed by atoms with Crippen molar-refractivity contribution in [3.63, 3.8) is 0 Å². The van der Waals surface area contributed by atoms with E-state index in [-0.39, 0.29) is 0 Å². The zero-order valence-corrected chi connectivity index (χ0v) is 14.5. The average molecular weight is 334 g/mol. The van der Waals surface area contributed by atoms with Crippen LogP contribution >= 0.6 is 0 Å². The van der Waals surface area contributed by atoms with Crippen molar-refractivity contribution >= 4 is 11.3 Å². The highest BCUT2D eigenvalue weighted by atomic mass is 14.9. The number of rotatable bonds is 4. The van der Waals surface area contributed by atoms with Gasteiger partial charge >= 0.3 is 0 Å². The van der Waals surface area contributed by atoms with Gasteiger partial charge in [0, 0.05) is 17.7 Å². The summed E-state index contributed by atoms with van der Waals surface area (Å²) in [6.07, 6.45) is 4.21. The van der Waals surface area contributed by atoms with Crippen molar-refractivity contribution in [1.82, 2.24) is 0 Å². The quantitative estimate of drug-likeness (QED) is 0.346. The van der Waals surface area contributed by atoms with E-state index in [1.54, 1.807) is 0 Å². The smallest absolute Gasteiger partial charge is 0.166 e. The fraction of sp³-hybridized carbons (Fsp3) is 0. The third kappa shape index (κ3) is 3.33. The third-order valence-electron chi connectivity index (χ3n) is 4.38. The summed E-state index contributed by atoms with van der Waals surface area (Å²) in [6, 6.07) is 37.9. The summed E-state index contributed by atoms with van der Waals surface area (Å²) < 4.78 is 2.20. The van der Waals surface area contributed by atoms with Crippen LogP contribution in [0.3, 0.4) is 0 Å². The molecule has 0 bridgehead atoms. The topological polar surface area (TPSA) is 3.88 Å². The van der Waals surface area contributed by atoms with Crippen molar-refractivity contribution in [3.8, 4) is 0 Å². The highest BCUT2D eigenvalue weighted by Gasteiger charge is 2.21. The second-order valence-electron chi connectivity index (χ2n) is 6.10. The molecule has 4 rings (SSSR count). The average Bonchev–Trinajstić information content (AvgIpc) is 2.74. The fourth-order valence-electron chi connectivity index (χ4n) is 3.22. The van der Waals surface area contributed by atoms with Gasteiger partial charge in [-0.25, -0.2) is 0 Å². The van der Waals surface area contributed by atoms with Crippen LogP contribution in [-0.2, 0) is 0 Å². The molecule has 124 valence electrons. The summed E-state index contributed by atoms with van der Waals surface area (Å²) in [6.45, 7) is 0. The molecule has 0 aliphatic rings. The van der Waals surface area contributed by atoms with Crippen LogP contribution in [0.15, 0.2) is 122 Å².